The van der Waals surface area contributed by atoms with E-state index in [0.717, 1.165) is 6.20 Å². The molecule has 10 heteroatoms. The lowest BCUT2D eigenvalue weighted by Gasteiger charge is -2.31. The summed E-state index contributed by atoms with van der Waals surface area (Å²) in [7, 11) is 2.80. The van der Waals surface area contributed by atoms with Gasteiger partial charge in [0.25, 0.3) is 5.88 Å². The number of hydrogen-bond acceptors (Lipinski definition) is 6. The molecular formula is C17H18F3N5O2. The first-order valence-electron chi connectivity index (χ1n) is 8.03. The number of alkyl halides is 3. The number of fused-ring (bicyclic) bond motifs is 1. The molecule has 0 bridgehead atoms. The lowest BCUT2D eigenvalue weighted by atomic mass is 9.87. The van der Waals surface area contributed by atoms with Crippen LogP contribution < -0.4 is 15.2 Å². The van der Waals surface area contributed by atoms with Crippen LogP contribution in [-0.4, -0.2) is 39.7 Å². The molecule has 0 aliphatic carbocycles. The zero-order valence-corrected chi connectivity index (χ0v) is 14.9. The van der Waals surface area contributed by atoms with E-state index in [-0.39, 0.29) is 29.3 Å². The third-order valence-corrected chi connectivity index (χ3v) is 4.44. The first kappa shape index (κ1) is 18.9. The molecule has 0 amide bonds. The van der Waals surface area contributed by atoms with Crippen LogP contribution in [0.2, 0.25) is 0 Å². The van der Waals surface area contributed by atoms with E-state index in [1.54, 1.807) is 23.0 Å². The second-order valence-corrected chi connectivity index (χ2v) is 5.90. The van der Waals surface area contributed by atoms with Crippen LogP contribution in [0.1, 0.15) is 18.9 Å². The Balaban J connectivity index is 2.24. The number of ether oxygens (including phenoxy) is 2. The molecule has 3 rings (SSSR count). The van der Waals surface area contributed by atoms with E-state index in [1.807, 2.05) is 0 Å². The Labute approximate surface area is 153 Å². The van der Waals surface area contributed by atoms with E-state index in [1.165, 1.54) is 27.2 Å². The van der Waals surface area contributed by atoms with Crippen molar-refractivity contribution < 1.29 is 22.6 Å². The maximum absolute atomic E-state index is 13.6. The van der Waals surface area contributed by atoms with E-state index in [2.05, 4.69) is 15.0 Å². The van der Waals surface area contributed by atoms with Gasteiger partial charge in [-0.25, -0.2) is 15.0 Å². The summed E-state index contributed by atoms with van der Waals surface area (Å²) >= 11 is 0. The standard InChI is InChI=1S/C17H18F3N5O2/c1-4-16(21,17(18,19)20)10-7-11(14(26-2)23-8-10)12-9-25-6-5-22-13(25)15(24-12)27-3/h5-9H,4,21H2,1-3H3. The average Bonchev–Trinajstić information content (AvgIpc) is 3.13. The quantitative estimate of drug-likeness (QED) is 0.731. The molecule has 3 aromatic rings. The van der Waals surface area contributed by atoms with Gasteiger partial charge in [-0.2, -0.15) is 13.2 Å². The maximum atomic E-state index is 13.6. The first-order valence-corrected chi connectivity index (χ1v) is 8.03. The predicted octanol–water partition coefficient (Wildman–Crippen LogP) is 2.93. The van der Waals surface area contributed by atoms with Crippen LogP contribution in [0, 0.1) is 0 Å². The zero-order valence-electron chi connectivity index (χ0n) is 14.9. The molecule has 0 radical (unpaired) electrons. The number of methoxy groups -OCH3 is 2. The average molecular weight is 381 g/mol. The first-order chi connectivity index (χ1) is 12.7. The van der Waals surface area contributed by atoms with Gasteiger partial charge in [0.15, 0.2) is 5.65 Å². The van der Waals surface area contributed by atoms with Crippen molar-refractivity contribution in [1.82, 2.24) is 19.4 Å². The molecule has 0 saturated heterocycles. The minimum atomic E-state index is -4.64. The van der Waals surface area contributed by atoms with E-state index in [9.17, 15) is 13.2 Å². The fourth-order valence-corrected chi connectivity index (χ4v) is 2.78. The van der Waals surface area contributed by atoms with Gasteiger partial charge in [0.2, 0.25) is 5.88 Å². The van der Waals surface area contributed by atoms with Crippen LogP contribution in [0.3, 0.4) is 0 Å². The topological polar surface area (TPSA) is 87.6 Å². The van der Waals surface area contributed by atoms with Crippen molar-refractivity contribution in [2.75, 3.05) is 14.2 Å². The summed E-state index contributed by atoms with van der Waals surface area (Å²) in [6.07, 6.45) is 0.913. The third kappa shape index (κ3) is 3.05. The second-order valence-electron chi connectivity index (χ2n) is 5.90. The van der Waals surface area contributed by atoms with Crippen LogP contribution in [0.4, 0.5) is 13.2 Å². The fraction of sp³-hybridized carbons (Fsp3) is 0.353. The smallest absolute Gasteiger partial charge is 0.410 e. The van der Waals surface area contributed by atoms with Crippen molar-refractivity contribution in [3.63, 3.8) is 0 Å². The van der Waals surface area contributed by atoms with Crippen LogP contribution in [0.25, 0.3) is 16.9 Å². The van der Waals surface area contributed by atoms with Crippen molar-refractivity contribution >= 4 is 5.65 Å². The molecule has 144 valence electrons. The van der Waals surface area contributed by atoms with Gasteiger partial charge in [0.1, 0.15) is 5.54 Å². The Kier molecular flexibility index (Phi) is 4.68. The molecular weight excluding hydrogens is 363 g/mol. The fourth-order valence-electron chi connectivity index (χ4n) is 2.78. The maximum Gasteiger partial charge on any atom is 0.410 e. The molecule has 0 spiro atoms. The Morgan fingerprint density at radius 1 is 1.15 bits per heavy atom. The molecule has 3 heterocycles. The number of hydrogen-bond donors (Lipinski definition) is 1. The molecule has 1 atom stereocenters. The highest BCUT2D eigenvalue weighted by Crippen LogP contribution is 2.41. The van der Waals surface area contributed by atoms with Crippen molar-refractivity contribution in [1.29, 1.82) is 0 Å². The largest absolute Gasteiger partial charge is 0.481 e. The Morgan fingerprint density at radius 2 is 1.85 bits per heavy atom. The highest BCUT2D eigenvalue weighted by molar-refractivity contribution is 5.68. The molecule has 1 unspecified atom stereocenters. The minimum Gasteiger partial charge on any atom is -0.481 e. The van der Waals surface area contributed by atoms with Gasteiger partial charge in [-0.15, -0.1) is 0 Å². The summed E-state index contributed by atoms with van der Waals surface area (Å²) in [5.74, 6) is 0.337. The highest BCUT2D eigenvalue weighted by atomic mass is 19.4. The van der Waals surface area contributed by atoms with Gasteiger partial charge < -0.3 is 19.6 Å². The van der Waals surface area contributed by atoms with E-state index >= 15 is 0 Å². The molecule has 3 aromatic heterocycles. The number of halogens is 3. The van der Waals surface area contributed by atoms with Crippen molar-refractivity contribution in [3.05, 3.63) is 36.4 Å². The van der Waals surface area contributed by atoms with Gasteiger partial charge in [-0.1, -0.05) is 6.92 Å². The van der Waals surface area contributed by atoms with Crippen molar-refractivity contribution in [2.45, 2.75) is 25.1 Å². The Bertz CT molecular complexity index is 973. The number of aromatic nitrogens is 4. The zero-order chi connectivity index (χ0) is 19.8. The number of imidazole rings is 1. The number of nitrogens with zero attached hydrogens (tertiary/aromatic N) is 4. The van der Waals surface area contributed by atoms with Crippen LogP contribution >= 0.6 is 0 Å². The molecule has 0 aliphatic heterocycles. The van der Waals surface area contributed by atoms with Crippen LogP contribution in [0.5, 0.6) is 11.8 Å². The summed E-state index contributed by atoms with van der Waals surface area (Å²) in [6.45, 7) is 1.37. The Hall–Kier alpha value is -2.88. The van der Waals surface area contributed by atoms with Crippen molar-refractivity contribution in [3.8, 4) is 23.0 Å². The minimum absolute atomic E-state index is 0.119. The molecule has 0 aliphatic rings. The molecule has 0 aromatic carbocycles. The monoisotopic (exact) mass is 381 g/mol. The summed E-state index contributed by atoms with van der Waals surface area (Å²) in [5, 5.41) is 0. The van der Waals surface area contributed by atoms with Gasteiger partial charge in [-0.05, 0) is 12.5 Å². The third-order valence-electron chi connectivity index (χ3n) is 4.44. The summed E-state index contributed by atoms with van der Waals surface area (Å²) in [6, 6.07) is 1.30. The SMILES string of the molecule is CCC(N)(c1cnc(OC)c(-c2cn3ccnc3c(OC)n2)c1)C(F)(F)F. The molecule has 0 fully saturated rings. The second kappa shape index (κ2) is 6.69. The predicted molar refractivity (Wildman–Crippen MR) is 91.5 cm³/mol. The van der Waals surface area contributed by atoms with Gasteiger partial charge in [0.05, 0.1) is 25.5 Å². The summed E-state index contributed by atoms with van der Waals surface area (Å²) in [4.78, 5) is 12.5. The molecule has 27 heavy (non-hydrogen) atoms. The number of pyridine rings is 1. The van der Waals surface area contributed by atoms with Gasteiger partial charge >= 0.3 is 6.18 Å². The van der Waals surface area contributed by atoms with Crippen LogP contribution in [0.15, 0.2) is 30.9 Å². The number of nitrogens with two attached hydrogens (primary N) is 1. The normalized spacial score (nSPS) is 14.2. The van der Waals surface area contributed by atoms with E-state index in [4.69, 9.17) is 15.2 Å². The van der Waals surface area contributed by atoms with Gasteiger partial charge in [-0.3, -0.25) is 0 Å². The summed E-state index contributed by atoms with van der Waals surface area (Å²) in [5.41, 5.74) is 4.02. The molecule has 0 saturated carbocycles. The van der Waals surface area contributed by atoms with E-state index < -0.39 is 11.7 Å². The van der Waals surface area contributed by atoms with E-state index in [0.29, 0.717) is 11.3 Å². The Morgan fingerprint density at radius 3 is 2.44 bits per heavy atom. The van der Waals surface area contributed by atoms with Crippen LogP contribution in [-0.2, 0) is 5.54 Å². The molecule has 2 N–H and O–H groups in total. The van der Waals surface area contributed by atoms with Gasteiger partial charge in [0, 0.05) is 30.4 Å². The highest BCUT2D eigenvalue weighted by Gasteiger charge is 2.52. The number of rotatable bonds is 5. The lowest BCUT2D eigenvalue weighted by molar-refractivity contribution is -0.190. The van der Waals surface area contributed by atoms with Crippen molar-refractivity contribution in [2.24, 2.45) is 5.73 Å². The summed E-state index contributed by atoms with van der Waals surface area (Å²) < 4.78 is 52.8. The lowest BCUT2D eigenvalue weighted by Crippen LogP contribution is -2.50. The molecule has 7 nitrogen and oxygen atoms in total.